The number of nitrogens with one attached hydrogen (secondary N) is 1. The number of rotatable bonds is 5. The number of benzene rings is 1. The average molecular weight is 361 g/mol. The second-order valence-corrected chi connectivity index (χ2v) is 8.12. The van der Waals surface area contributed by atoms with Gasteiger partial charge in [-0.25, -0.2) is 17.2 Å². The van der Waals surface area contributed by atoms with Crippen molar-refractivity contribution in [3.63, 3.8) is 0 Å². The number of hydrogen-bond donors (Lipinski definition) is 1. The van der Waals surface area contributed by atoms with Gasteiger partial charge >= 0.3 is 0 Å². The molecule has 0 saturated heterocycles. The van der Waals surface area contributed by atoms with Crippen LogP contribution in [-0.4, -0.2) is 29.2 Å². The largest absolute Gasteiger partial charge is 0.321 e. The summed E-state index contributed by atoms with van der Waals surface area (Å²) in [4.78, 5) is 11.8. The standard InChI is InChI=1S/C13H13F2N3O3S2/c1-7(2)23(20,21)9-5-3-4-8(6-9)16-13(19)11-10(12(14)15)17-18-22-11/h3-7,12H,1-2H3,(H,16,19). The maximum Gasteiger partial charge on any atom is 0.283 e. The van der Waals surface area contributed by atoms with E-state index in [0.717, 1.165) is 0 Å². The third-order valence-corrected chi connectivity index (χ3v) is 5.86. The molecule has 23 heavy (non-hydrogen) atoms. The van der Waals surface area contributed by atoms with Crippen LogP contribution >= 0.6 is 11.5 Å². The Hall–Kier alpha value is -1.94. The van der Waals surface area contributed by atoms with E-state index < -0.39 is 33.1 Å². The topological polar surface area (TPSA) is 89.0 Å². The number of aromatic nitrogens is 2. The van der Waals surface area contributed by atoms with Gasteiger partial charge in [-0.1, -0.05) is 10.6 Å². The lowest BCUT2D eigenvalue weighted by Crippen LogP contribution is -2.16. The number of amides is 1. The molecule has 0 bridgehead atoms. The number of halogens is 2. The third-order valence-electron chi connectivity index (χ3n) is 2.97. The Morgan fingerprint density at radius 1 is 1.30 bits per heavy atom. The van der Waals surface area contributed by atoms with Gasteiger partial charge < -0.3 is 5.32 Å². The second-order valence-electron chi connectivity index (χ2n) is 4.86. The summed E-state index contributed by atoms with van der Waals surface area (Å²) < 4.78 is 53.0. The molecule has 0 saturated carbocycles. The molecule has 1 heterocycles. The van der Waals surface area contributed by atoms with Crippen LogP contribution in [0.3, 0.4) is 0 Å². The van der Waals surface area contributed by atoms with Gasteiger partial charge in [-0.2, -0.15) is 0 Å². The van der Waals surface area contributed by atoms with Crippen molar-refractivity contribution in [3.8, 4) is 0 Å². The molecule has 0 radical (unpaired) electrons. The highest BCUT2D eigenvalue weighted by atomic mass is 32.2. The van der Waals surface area contributed by atoms with Crippen molar-refractivity contribution >= 4 is 33.0 Å². The van der Waals surface area contributed by atoms with E-state index in [-0.39, 0.29) is 15.5 Å². The number of nitrogens with zero attached hydrogens (tertiary/aromatic N) is 2. The predicted molar refractivity (Wildman–Crippen MR) is 81.6 cm³/mol. The first-order valence-corrected chi connectivity index (χ1v) is 8.81. The van der Waals surface area contributed by atoms with Gasteiger partial charge in [-0.05, 0) is 43.6 Å². The molecule has 1 aromatic heterocycles. The minimum absolute atomic E-state index is 0.0433. The zero-order chi connectivity index (χ0) is 17.2. The van der Waals surface area contributed by atoms with Crippen LogP contribution < -0.4 is 5.32 Å². The summed E-state index contributed by atoms with van der Waals surface area (Å²) in [6, 6.07) is 5.62. The van der Waals surface area contributed by atoms with Crippen LogP contribution in [0, 0.1) is 0 Å². The highest BCUT2D eigenvalue weighted by molar-refractivity contribution is 7.92. The van der Waals surface area contributed by atoms with E-state index in [1.807, 2.05) is 0 Å². The Bertz CT molecular complexity index is 819. The number of carbonyl (C=O) groups excluding carboxylic acids is 1. The second kappa shape index (κ2) is 6.67. The molecule has 10 heteroatoms. The number of sulfone groups is 1. The molecular weight excluding hydrogens is 348 g/mol. The van der Waals surface area contributed by atoms with Gasteiger partial charge in [0.15, 0.2) is 15.5 Å². The molecule has 1 aromatic carbocycles. The molecule has 2 rings (SSSR count). The third kappa shape index (κ3) is 3.70. The first-order valence-electron chi connectivity index (χ1n) is 6.49. The van der Waals surface area contributed by atoms with E-state index in [1.54, 1.807) is 13.8 Å². The van der Waals surface area contributed by atoms with E-state index in [1.165, 1.54) is 24.3 Å². The SMILES string of the molecule is CC(C)S(=O)(=O)c1cccc(NC(=O)c2snnc2C(F)F)c1. The van der Waals surface area contributed by atoms with Crippen LogP contribution in [0.1, 0.15) is 35.6 Å². The minimum Gasteiger partial charge on any atom is -0.321 e. The van der Waals surface area contributed by atoms with E-state index in [9.17, 15) is 22.0 Å². The summed E-state index contributed by atoms with van der Waals surface area (Å²) in [5, 5.41) is 4.98. The van der Waals surface area contributed by atoms with E-state index in [4.69, 9.17) is 0 Å². The summed E-state index contributed by atoms with van der Waals surface area (Å²) in [7, 11) is -3.50. The molecule has 0 spiro atoms. The molecule has 2 aromatic rings. The molecular formula is C13H13F2N3O3S2. The summed E-state index contributed by atoms with van der Waals surface area (Å²) in [6.07, 6.45) is -2.91. The van der Waals surface area contributed by atoms with Crippen molar-refractivity contribution in [2.75, 3.05) is 5.32 Å². The number of carbonyl (C=O) groups is 1. The van der Waals surface area contributed by atoms with Gasteiger partial charge in [0.1, 0.15) is 4.88 Å². The van der Waals surface area contributed by atoms with Crippen LogP contribution in [-0.2, 0) is 9.84 Å². The Morgan fingerprint density at radius 3 is 2.61 bits per heavy atom. The fraction of sp³-hybridized carbons (Fsp3) is 0.308. The highest BCUT2D eigenvalue weighted by Crippen LogP contribution is 2.25. The van der Waals surface area contributed by atoms with Gasteiger partial charge in [-0.15, -0.1) is 5.10 Å². The lowest BCUT2D eigenvalue weighted by atomic mass is 10.3. The minimum atomic E-state index is -3.50. The van der Waals surface area contributed by atoms with Crippen LogP contribution in [0.25, 0.3) is 0 Å². The zero-order valence-electron chi connectivity index (χ0n) is 12.2. The van der Waals surface area contributed by atoms with Crippen molar-refractivity contribution in [1.29, 1.82) is 0 Å². The maximum atomic E-state index is 12.7. The first kappa shape index (κ1) is 17.4. The van der Waals surface area contributed by atoms with Crippen molar-refractivity contribution in [3.05, 3.63) is 34.8 Å². The first-order chi connectivity index (χ1) is 10.7. The molecule has 0 atom stereocenters. The summed E-state index contributed by atoms with van der Waals surface area (Å²) in [6.45, 7) is 3.08. The molecule has 0 aliphatic heterocycles. The lowest BCUT2D eigenvalue weighted by Gasteiger charge is -2.10. The van der Waals surface area contributed by atoms with Gasteiger partial charge in [0.2, 0.25) is 0 Å². The molecule has 0 unspecified atom stereocenters. The number of anilines is 1. The summed E-state index contributed by atoms with van der Waals surface area (Å²) in [5.74, 6) is -0.811. The van der Waals surface area contributed by atoms with Crippen LogP contribution in [0.5, 0.6) is 0 Å². The number of hydrogen-bond acceptors (Lipinski definition) is 6. The van der Waals surface area contributed by atoms with Crippen LogP contribution in [0.15, 0.2) is 29.2 Å². The van der Waals surface area contributed by atoms with Gasteiger partial charge in [0, 0.05) is 5.69 Å². The normalized spacial score (nSPS) is 11.9. The molecule has 1 amide bonds. The monoisotopic (exact) mass is 361 g/mol. The Balaban J connectivity index is 2.28. The summed E-state index contributed by atoms with van der Waals surface area (Å²) >= 11 is 0.548. The van der Waals surface area contributed by atoms with Crippen LogP contribution in [0.4, 0.5) is 14.5 Å². The average Bonchev–Trinajstić information content (AvgIpc) is 2.97. The highest BCUT2D eigenvalue weighted by Gasteiger charge is 2.24. The van der Waals surface area contributed by atoms with Crippen LogP contribution in [0.2, 0.25) is 0 Å². The molecule has 6 nitrogen and oxygen atoms in total. The zero-order valence-corrected chi connectivity index (χ0v) is 13.8. The van der Waals surface area contributed by atoms with E-state index in [0.29, 0.717) is 11.5 Å². The molecule has 124 valence electrons. The van der Waals surface area contributed by atoms with Crippen molar-refractivity contribution in [2.45, 2.75) is 30.4 Å². The molecule has 1 N–H and O–H groups in total. The van der Waals surface area contributed by atoms with Crippen molar-refractivity contribution in [1.82, 2.24) is 9.59 Å². The quantitative estimate of drug-likeness (QED) is 0.884. The Kier molecular flexibility index (Phi) is 5.05. The van der Waals surface area contributed by atoms with Crippen molar-refractivity contribution < 1.29 is 22.0 Å². The Morgan fingerprint density at radius 2 is 2.00 bits per heavy atom. The predicted octanol–water partition coefficient (Wildman–Crippen LogP) is 2.91. The fourth-order valence-electron chi connectivity index (χ4n) is 1.71. The van der Waals surface area contributed by atoms with Gasteiger partial charge in [0.05, 0.1) is 10.1 Å². The van der Waals surface area contributed by atoms with E-state index in [2.05, 4.69) is 14.9 Å². The van der Waals surface area contributed by atoms with E-state index >= 15 is 0 Å². The molecule has 0 fully saturated rings. The maximum absolute atomic E-state index is 12.7. The molecule has 0 aliphatic carbocycles. The summed E-state index contributed by atoms with van der Waals surface area (Å²) in [5.41, 5.74) is -0.510. The molecule has 0 aliphatic rings. The van der Waals surface area contributed by atoms with Gasteiger partial charge in [-0.3, -0.25) is 4.79 Å². The smallest absolute Gasteiger partial charge is 0.283 e. The van der Waals surface area contributed by atoms with Gasteiger partial charge in [0.25, 0.3) is 12.3 Å². The lowest BCUT2D eigenvalue weighted by molar-refractivity contribution is 0.101. The fourth-order valence-corrected chi connectivity index (χ4v) is 3.38. The Labute approximate surface area is 135 Å². The van der Waals surface area contributed by atoms with Crippen molar-refractivity contribution in [2.24, 2.45) is 0 Å². The number of alkyl halides is 2.